The molecule has 1 unspecified atom stereocenters. The van der Waals surface area contributed by atoms with Crippen LogP contribution in [0.15, 0.2) is 71.6 Å². The van der Waals surface area contributed by atoms with Crippen LogP contribution in [0.4, 0.5) is 10.1 Å². The van der Waals surface area contributed by atoms with Crippen LogP contribution in [0, 0.1) is 12.7 Å². The van der Waals surface area contributed by atoms with E-state index >= 15 is 0 Å². The number of hydrogen-bond donors (Lipinski definition) is 3. The molecule has 0 spiro atoms. The zero-order valence-electron chi connectivity index (χ0n) is 17.4. The van der Waals surface area contributed by atoms with E-state index in [1.807, 2.05) is 24.3 Å². The van der Waals surface area contributed by atoms with E-state index in [0.29, 0.717) is 11.4 Å². The zero-order chi connectivity index (χ0) is 22.9. The molecule has 0 aliphatic heterocycles. The number of hydrogen-bond acceptors (Lipinski definition) is 4. The third-order valence-corrected chi connectivity index (χ3v) is 6.40. The van der Waals surface area contributed by atoms with E-state index in [9.17, 15) is 17.6 Å². The molecule has 0 saturated heterocycles. The van der Waals surface area contributed by atoms with Crippen molar-refractivity contribution < 1.29 is 17.6 Å². The highest BCUT2D eigenvalue weighted by atomic mass is 32.2. The van der Waals surface area contributed by atoms with Gasteiger partial charge in [0.2, 0.25) is 0 Å². The number of aromatic nitrogens is 2. The number of imidazole rings is 1. The average Bonchev–Trinajstić information content (AvgIpc) is 3.20. The fourth-order valence-corrected chi connectivity index (χ4v) is 4.35. The van der Waals surface area contributed by atoms with Crippen molar-refractivity contribution >= 4 is 32.7 Å². The minimum Gasteiger partial charge on any atom is -0.342 e. The zero-order valence-corrected chi connectivity index (χ0v) is 18.2. The molecule has 1 amide bonds. The maximum Gasteiger partial charge on any atom is 0.261 e. The molecule has 0 saturated carbocycles. The number of sulfonamides is 1. The molecule has 3 N–H and O–H groups in total. The highest BCUT2D eigenvalue weighted by Crippen LogP contribution is 2.21. The Morgan fingerprint density at radius 1 is 1.06 bits per heavy atom. The number of nitrogens with one attached hydrogen (secondary N) is 3. The molecule has 0 radical (unpaired) electrons. The number of benzene rings is 3. The summed E-state index contributed by atoms with van der Waals surface area (Å²) in [7, 11) is -3.97. The summed E-state index contributed by atoms with van der Waals surface area (Å²) in [6, 6.07) is 16.4. The van der Waals surface area contributed by atoms with Crippen molar-refractivity contribution in [2.45, 2.75) is 24.8 Å². The first kappa shape index (κ1) is 21.5. The van der Waals surface area contributed by atoms with Crippen molar-refractivity contribution in [3.63, 3.8) is 0 Å². The molecule has 4 aromatic rings. The van der Waals surface area contributed by atoms with Gasteiger partial charge in [-0.15, -0.1) is 0 Å². The lowest BCUT2D eigenvalue weighted by atomic mass is 10.1. The smallest absolute Gasteiger partial charge is 0.261 e. The van der Waals surface area contributed by atoms with Crippen LogP contribution in [-0.2, 0) is 10.0 Å². The van der Waals surface area contributed by atoms with E-state index in [1.165, 1.54) is 24.3 Å². The number of fused-ring (bicyclic) bond motifs is 1. The third-order valence-electron chi connectivity index (χ3n) is 5.03. The largest absolute Gasteiger partial charge is 0.342 e. The summed E-state index contributed by atoms with van der Waals surface area (Å²) in [6.45, 7) is 3.52. The van der Waals surface area contributed by atoms with Gasteiger partial charge in [-0.25, -0.2) is 17.8 Å². The lowest BCUT2D eigenvalue weighted by Gasteiger charge is -2.14. The van der Waals surface area contributed by atoms with Crippen LogP contribution in [0.25, 0.3) is 11.0 Å². The standard InChI is InChI=1S/C23H21FN4O3S/c1-14-7-12-18(32(30,31)28-17-10-8-16(24)9-11-17)13-19(14)23(29)25-15(2)22-26-20-5-3-4-6-21(20)27-22/h3-13,15,28H,1-2H3,(H,25,29)(H,26,27). The van der Waals surface area contributed by atoms with Crippen LogP contribution in [-0.4, -0.2) is 24.3 Å². The van der Waals surface area contributed by atoms with Crippen molar-refractivity contribution in [2.75, 3.05) is 4.72 Å². The topological polar surface area (TPSA) is 104 Å². The Hall–Kier alpha value is -3.72. The van der Waals surface area contributed by atoms with E-state index in [1.54, 1.807) is 19.9 Å². The Morgan fingerprint density at radius 2 is 1.78 bits per heavy atom. The molecule has 4 rings (SSSR count). The summed E-state index contributed by atoms with van der Waals surface area (Å²) in [5.41, 5.74) is 2.73. The van der Waals surface area contributed by atoms with E-state index in [-0.39, 0.29) is 16.1 Å². The fraction of sp³-hybridized carbons (Fsp3) is 0.130. The number of nitrogens with zero attached hydrogens (tertiary/aromatic N) is 1. The predicted octanol–water partition coefficient (Wildman–Crippen LogP) is 4.30. The Bertz CT molecular complexity index is 1370. The second-order valence-electron chi connectivity index (χ2n) is 7.42. The highest BCUT2D eigenvalue weighted by molar-refractivity contribution is 7.92. The fourth-order valence-electron chi connectivity index (χ4n) is 3.27. The molecule has 3 aromatic carbocycles. The molecule has 164 valence electrons. The van der Waals surface area contributed by atoms with Gasteiger partial charge in [0.25, 0.3) is 15.9 Å². The van der Waals surface area contributed by atoms with Gasteiger partial charge in [-0.1, -0.05) is 18.2 Å². The molecule has 7 nitrogen and oxygen atoms in total. The maximum absolute atomic E-state index is 13.1. The summed E-state index contributed by atoms with van der Waals surface area (Å²) < 4.78 is 41.0. The molecule has 32 heavy (non-hydrogen) atoms. The predicted molar refractivity (Wildman–Crippen MR) is 120 cm³/mol. The van der Waals surface area contributed by atoms with Gasteiger partial charge in [0.15, 0.2) is 0 Å². The lowest BCUT2D eigenvalue weighted by Crippen LogP contribution is -2.28. The van der Waals surface area contributed by atoms with E-state index in [2.05, 4.69) is 20.0 Å². The van der Waals surface area contributed by atoms with Gasteiger partial charge in [0.05, 0.1) is 22.0 Å². The first-order valence-corrected chi connectivity index (χ1v) is 11.4. The second kappa shape index (κ2) is 8.43. The molecule has 0 bridgehead atoms. The van der Waals surface area contributed by atoms with E-state index in [4.69, 9.17) is 0 Å². The van der Waals surface area contributed by atoms with Crippen LogP contribution in [0.5, 0.6) is 0 Å². The summed E-state index contributed by atoms with van der Waals surface area (Å²) in [5.74, 6) is -0.297. The normalized spacial score (nSPS) is 12.5. The molecule has 0 fully saturated rings. The number of H-pyrrole nitrogens is 1. The van der Waals surface area contributed by atoms with Crippen LogP contribution in [0.1, 0.15) is 34.7 Å². The maximum atomic E-state index is 13.1. The number of carbonyl (C=O) groups excluding carboxylic acids is 1. The van der Waals surface area contributed by atoms with Gasteiger partial charge < -0.3 is 10.3 Å². The molecule has 1 heterocycles. The molecule has 0 aliphatic carbocycles. The van der Waals surface area contributed by atoms with Gasteiger partial charge >= 0.3 is 0 Å². The summed E-state index contributed by atoms with van der Waals surface area (Å²) in [6.07, 6.45) is 0. The molecule has 1 aromatic heterocycles. The summed E-state index contributed by atoms with van der Waals surface area (Å²) in [5, 5.41) is 2.86. The van der Waals surface area contributed by atoms with Crippen molar-refractivity contribution in [3.05, 3.63) is 89.5 Å². The number of halogens is 1. The minimum atomic E-state index is -3.97. The Kier molecular flexibility index (Phi) is 5.67. The van der Waals surface area contributed by atoms with Crippen LogP contribution < -0.4 is 10.0 Å². The van der Waals surface area contributed by atoms with Crippen LogP contribution in [0.2, 0.25) is 0 Å². The van der Waals surface area contributed by atoms with Crippen LogP contribution >= 0.6 is 0 Å². The number of para-hydroxylation sites is 2. The molecular formula is C23H21FN4O3S. The molecular weight excluding hydrogens is 431 g/mol. The van der Waals surface area contributed by atoms with Crippen LogP contribution in [0.3, 0.4) is 0 Å². The number of carbonyl (C=O) groups is 1. The van der Waals surface area contributed by atoms with Gasteiger partial charge in [-0.3, -0.25) is 9.52 Å². The first-order valence-electron chi connectivity index (χ1n) is 9.87. The molecule has 1 atom stereocenters. The number of amides is 1. The van der Waals surface area contributed by atoms with Crippen molar-refractivity contribution in [1.82, 2.24) is 15.3 Å². The minimum absolute atomic E-state index is 0.0750. The van der Waals surface area contributed by atoms with E-state index < -0.39 is 27.8 Å². The van der Waals surface area contributed by atoms with Crippen molar-refractivity contribution in [1.29, 1.82) is 0 Å². The lowest BCUT2D eigenvalue weighted by molar-refractivity contribution is 0.0937. The highest BCUT2D eigenvalue weighted by Gasteiger charge is 2.20. The summed E-state index contributed by atoms with van der Waals surface area (Å²) >= 11 is 0. The molecule has 0 aliphatic rings. The number of rotatable bonds is 6. The number of aryl methyl sites for hydroxylation is 1. The monoisotopic (exact) mass is 452 g/mol. The van der Waals surface area contributed by atoms with Gasteiger partial charge in [0.1, 0.15) is 11.6 Å². The van der Waals surface area contributed by atoms with Gasteiger partial charge in [-0.05, 0) is 67.9 Å². The number of aromatic amines is 1. The average molecular weight is 453 g/mol. The Labute approximate surface area is 184 Å². The van der Waals surface area contributed by atoms with Crippen molar-refractivity contribution in [3.8, 4) is 0 Å². The molecule has 9 heteroatoms. The van der Waals surface area contributed by atoms with Gasteiger partial charge in [-0.2, -0.15) is 0 Å². The number of anilines is 1. The van der Waals surface area contributed by atoms with E-state index in [0.717, 1.165) is 23.2 Å². The van der Waals surface area contributed by atoms with Gasteiger partial charge in [0, 0.05) is 11.3 Å². The Balaban J connectivity index is 1.56. The third kappa shape index (κ3) is 4.47. The Morgan fingerprint density at radius 3 is 2.50 bits per heavy atom. The quantitative estimate of drug-likeness (QED) is 0.406. The first-order chi connectivity index (χ1) is 15.2. The SMILES string of the molecule is Cc1ccc(S(=O)(=O)Nc2ccc(F)cc2)cc1C(=O)NC(C)c1nc2ccccc2[nH]1. The van der Waals surface area contributed by atoms with Crippen molar-refractivity contribution in [2.24, 2.45) is 0 Å². The summed E-state index contributed by atoms with van der Waals surface area (Å²) in [4.78, 5) is 20.5. The second-order valence-corrected chi connectivity index (χ2v) is 9.11.